The quantitative estimate of drug-likeness (QED) is 0.790. The highest BCUT2D eigenvalue weighted by atomic mass is 16.1. The van der Waals surface area contributed by atoms with Crippen LogP contribution in [0.3, 0.4) is 0 Å². The molecule has 5 heteroatoms. The van der Waals surface area contributed by atoms with Crippen LogP contribution in [-0.4, -0.2) is 29.1 Å². The number of nitrogens with one attached hydrogen (secondary N) is 1. The molecule has 1 aromatic heterocycles. The number of piperidine rings is 1. The fourth-order valence-electron chi connectivity index (χ4n) is 2.38. The third kappa shape index (κ3) is 2.85. The number of aromatic amines is 1. The van der Waals surface area contributed by atoms with Gasteiger partial charge in [0, 0.05) is 25.2 Å². The van der Waals surface area contributed by atoms with E-state index in [1.807, 2.05) is 0 Å². The summed E-state index contributed by atoms with van der Waals surface area (Å²) in [4.78, 5) is 20.6. The lowest BCUT2D eigenvalue weighted by Crippen LogP contribution is -2.40. The van der Waals surface area contributed by atoms with Crippen LogP contribution in [0.5, 0.6) is 0 Å². The van der Waals surface area contributed by atoms with Gasteiger partial charge in [0.15, 0.2) is 0 Å². The number of H-pyrrole nitrogens is 1. The number of anilines is 1. The molecule has 1 aromatic rings. The molecule has 1 fully saturated rings. The molecule has 3 N–H and O–H groups in total. The maximum Gasteiger partial charge on any atom is 0.252 e. The van der Waals surface area contributed by atoms with Gasteiger partial charge in [-0.15, -0.1) is 0 Å². The number of hydrogen-bond donors (Lipinski definition) is 2. The van der Waals surface area contributed by atoms with E-state index >= 15 is 0 Å². The predicted octanol–water partition coefficient (Wildman–Crippen LogP) is 0.642. The van der Waals surface area contributed by atoms with Crippen LogP contribution in [0, 0.1) is 12.8 Å². The molecule has 0 aromatic carbocycles. The zero-order chi connectivity index (χ0) is 12.4. The second-order valence-corrected chi connectivity index (χ2v) is 4.87. The Balaban J connectivity index is 2.08. The van der Waals surface area contributed by atoms with Crippen molar-refractivity contribution in [3.8, 4) is 0 Å². The second kappa shape index (κ2) is 4.87. The Kier molecular flexibility index (Phi) is 3.47. The molecule has 0 amide bonds. The SMILES string of the molecule is Cc1nc(N2CCC(C(C)N)CC2)cc(=O)[nH]1. The summed E-state index contributed by atoms with van der Waals surface area (Å²) < 4.78 is 0. The minimum atomic E-state index is -0.0817. The van der Waals surface area contributed by atoms with Crippen LogP contribution in [0.2, 0.25) is 0 Å². The van der Waals surface area contributed by atoms with Gasteiger partial charge in [-0.3, -0.25) is 4.79 Å². The average Bonchev–Trinajstić information content (AvgIpc) is 2.28. The minimum absolute atomic E-state index is 0.0817. The molecule has 2 heterocycles. The molecular weight excluding hydrogens is 216 g/mol. The van der Waals surface area contributed by atoms with Crippen LogP contribution in [-0.2, 0) is 0 Å². The molecule has 0 radical (unpaired) electrons. The molecule has 0 bridgehead atoms. The normalized spacial score (nSPS) is 19.4. The standard InChI is InChI=1S/C12H20N4O/c1-8(13)10-3-5-16(6-4-10)11-7-12(17)15-9(2)14-11/h7-8,10H,3-6,13H2,1-2H3,(H,14,15,17). The molecule has 5 nitrogen and oxygen atoms in total. The van der Waals surface area contributed by atoms with Crippen LogP contribution < -0.4 is 16.2 Å². The van der Waals surface area contributed by atoms with Gasteiger partial charge < -0.3 is 15.6 Å². The molecule has 1 saturated heterocycles. The summed E-state index contributed by atoms with van der Waals surface area (Å²) in [6, 6.07) is 1.82. The van der Waals surface area contributed by atoms with Gasteiger partial charge in [-0.2, -0.15) is 0 Å². The van der Waals surface area contributed by atoms with Crippen molar-refractivity contribution >= 4 is 5.82 Å². The largest absolute Gasteiger partial charge is 0.356 e. The highest BCUT2D eigenvalue weighted by Gasteiger charge is 2.22. The molecule has 0 aliphatic carbocycles. The van der Waals surface area contributed by atoms with Gasteiger partial charge in [-0.05, 0) is 32.6 Å². The first-order chi connectivity index (χ1) is 8.06. The number of rotatable bonds is 2. The lowest BCUT2D eigenvalue weighted by Gasteiger charge is -2.34. The summed E-state index contributed by atoms with van der Waals surface area (Å²) in [7, 11) is 0. The predicted molar refractivity (Wildman–Crippen MR) is 68.2 cm³/mol. The van der Waals surface area contributed by atoms with Gasteiger partial charge in [0.1, 0.15) is 11.6 Å². The molecule has 17 heavy (non-hydrogen) atoms. The van der Waals surface area contributed by atoms with Crippen molar-refractivity contribution in [3.05, 3.63) is 22.2 Å². The zero-order valence-electron chi connectivity index (χ0n) is 10.4. The summed E-state index contributed by atoms with van der Waals surface area (Å²) in [5, 5.41) is 0. The maximum atomic E-state index is 11.4. The Morgan fingerprint density at radius 1 is 1.53 bits per heavy atom. The van der Waals surface area contributed by atoms with Crippen molar-refractivity contribution in [3.63, 3.8) is 0 Å². The van der Waals surface area contributed by atoms with Crippen molar-refractivity contribution < 1.29 is 0 Å². The third-order valence-corrected chi connectivity index (χ3v) is 3.45. The Morgan fingerprint density at radius 3 is 2.71 bits per heavy atom. The smallest absolute Gasteiger partial charge is 0.252 e. The summed E-state index contributed by atoms with van der Waals surface area (Å²) in [5.41, 5.74) is 5.83. The van der Waals surface area contributed by atoms with Crippen molar-refractivity contribution in [2.45, 2.75) is 32.7 Å². The van der Waals surface area contributed by atoms with E-state index in [0.29, 0.717) is 11.7 Å². The first-order valence-corrected chi connectivity index (χ1v) is 6.15. The first-order valence-electron chi connectivity index (χ1n) is 6.15. The van der Waals surface area contributed by atoms with Crippen molar-refractivity contribution in [1.82, 2.24) is 9.97 Å². The molecule has 0 spiro atoms. The first kappa shape index (κ1) is 12.1. The van der Waals surface area contributed by atoms with Crippen molar-refractivity contribution in [2.24, 2.45) is 11.7 Å². The number of nitrogens with zero attached hydrogens (tertiary/aromatic N) is 2. The summed E-state index contributed by atoms with van der Waals surface area (Å²) >= 11 is 0. The molecular formula is C12H20N4O. The highest BCUT2D eigenvalue weighted by Crippen LogP contribution is 2.22. The molecule has 1 unspecified atom stereocenters. The lowest BCUT2D eigenvalue weighted by molar-refractivity contribution is 0.353. The van der Waals surface area contributed by atoms with E-state index < -0.39 is 0 Å². The molecule has 94 valence electrons. The Labute approximate surface area is 101 Å². The van der Waals surface area contributed by atoms with Gasteiger partial charge in [0.25, 0.3) is 5.56 Å². The van der Waals surface area contributed by atoms with E-state index in [1.54, 1.807) is 13.0 Å². The summed E-state index contributed by atoms with van der Waals surface area (Å²) in [5.74, 6) is 2.05. The minimum Gasteiger partial charge on any atom is -0.356 e. The van der Waals surface area contributed by atoms with E-state index in [1.165, 1.54) is 0 Å². The highest BCUT2D eigenvalue weighted by molar-refractivity contribution is 5.37. The number of hydrogen-bond acceptors (Lipinski definition) is 4. The average molecular weight is 236 g/mol. The number of nitrogens with two attached hydrogens (primary N) is 1. The van der Waals surface area contributed by atoms with Gasteiger partial charge in [0.2, 0.25) is 0 Å². The molecule has 2 rings (SSSR count). The van der Waals surface area contributed by atoms with Crippen molar-refractivity contribution in [1.29, 1.82) is 0 Å². The van der Waals surface area contributed by atoms with Gasteiger partial charge >= 0.3 is 0 Å². The Hall–Kier alpha value is -1.36. The van der Waals surface area contributed by atoms with E-state index in [-0.39, 0.29) is 11.6 Å². The molecule has 1 aliphatic heterocycles. The van der Waals surface area contributed by atoms with E-state index in [2.05, 4.69) is 21.8 Å². The monoisotopic (exact) mass is 236 g/mol. The van der Waals surface area contributed by atoms with Crippen molar-refractivity contribution in [2.75, 3.05) is 18.0 Å². The Bertz CT molecular complexity index is 432. The second-order valence-electron chi connectivity index (χ2n) is 4.87. The fraction of sp³-hybridized carbons (Fsp3) is 0.667. The molecule has 1 aliphatic rings. The van der Waals surface area contributed by atoms with Gasteiger partial charge in [-0.25, -0.2) is 4.98 Å². The summed E-state index contributed by atoms with van der Waals surface area (Å²) in [6.45, 7) is 5.74. The third-order valence-electron chi connectivity index (χ3n) is 3.45. The van der Waals surface area contributed by atoms with Crippen LogP contribution in [0.25, 0.3) is 0 Å². The maximum absolute atomic E-state index is 11.4. The lowest BCUT2D eigenvalue weighted by atomic mass is 9.91. The number of aromatic nitrogens is 2. The topological polar surface area (TPSA) is 75.0 Å². The zero-order valence-corrected chi connectivity index (χ0v) is 10.4. The Morgan fingerprint density at radius 2 is 2.18 bits per heavy atom. The van der Waals surface area contributed by atoms with Crippen LogP contribution in [0.4, 0.5) is 5.82 Å². The van der Waals surface area contributed by atoms with E-state index in [4.69, 9.17) is 5.73 Å². The molecule has 0 saturated carbocycles. The van der Waals surface area contributed by atoms with E-state index in [0.717, 1.165) is 31.7 Å². The van der Waals surface area contributed by atoms with Crippen LogP contribution in [0.15, 0.2) is 10.9 Å². The van der Waals surface area contributed by atoms with E-state index in [9.17, 15) is 4.79 Å². The fourth-order valence-corrected chi connectivity index (χ4v) is 2.38. The van der Waals surface area contributed by atoms with Crippen LogP contribution >= 0.6 is 0 Å². The molecule has 1 atom stereocenters. The van der Waals surface area contributed by atoms with Crippen LogP contribution in [0.1, 0.15) is 25.6 Å². The summed E-state index contributed by atoms with van der Waals surface area (Å²) in [6.07, 6.45) is 2.15. The van der Waals surface area contributed by atoms with Gasteiger partial charge in [0.05, 0.1) is 0 Å². The number of aryl methyl sites for hydroxylation is 1. The van der Waals surface area contributed by atoms with Gasteiger partial charge in [-0.1, -0.05) is 0 Å².